The third-order valence-corrected chi connectivity index (χ3v) is 3.72. The predicted molar refractivity (Wildman–Crippen MR) is 68.7 cm³/mol. The summed E-state index contributed by atoms with van der Waals surface area (Å²) < 4.78 is 0. The molecule has 0 aromatic carbocycles. The highest BCUT2D eigenvalue weighted by molar-refractivity contribution is 5.78. The molecular formula is C13H26N2O2. The number of carbonyl (C=O) groups excluding carboxylic acids is 1. The van der Waals surface area contributed by atoms with Crippen molar-refractivity contribution in [2.45, 2.75) is 52.2 Å². The first kappa shape index (κ1) is 14.5. The summed E-state index contributed by atoms with van der Waals surface area (Å²) >= 11 is 0. The van der Waals surface area contributed by atoms with Crippen LogP contribution in [0, 0.1) is 5.92 Å². The average Bonchev–Trinajstić information content (AvgIpc) is 2.65. The Kier molecular flexibility index (Phi) is 4.95. The van der Waals surface area contributed by atoms with E-state index >= 15 is 0 Å². The number of nitrogens with one attached hydrogen (secondary N) is 1. The zero-order valence-corrected chi connectivity index (χ0v) is 11.5. The summed E-state index contributed by atoms with van der Waals surface area (Å²) in [5.74, 6) is 0.407. The Bertz CT molecular complexity index is 264. The molecule has 0 saturated carbocycles. The summed E-state index contributed by atoms with van der Waals surface area (Å²) in [6.07, 6.45) is 1.65. The molecule has 4 nitrogen and oxygen atoms in total. The van der Waals surface area contributed by atoms with Crippen LogP contribution >= 0.6 is 0 Å². The highest BCUT2D eigenvalue weighted by Gasteiger charge is 2.28. The molecule has 1 aliphatic heterocycles. The molecule has 17 heavy (non-hydrogen) atoms. The third-order valence-electron chi connectivity index (χ3n) is 3.72. The van der Waals surface area contributed by atoms with Gasteiger partial charge in [0.2, 0.25) is 5.91 Å². The molecule has 1 amide bonds. The SMILES string of the molecule is CCC(C)(C)NC(=O)CN1CCC(C(C)O)C1. The van der Waals surface area contributed by atoms with Gasteiger partial charge in [-0.1, -0.05) is 6.92 Å². The topological polar surface area (TPSA) is 52.6 Å². The van der Waals surface area contributed by atoms with Crippen LogP contribution < -0.4 is 5.32 Å². The van der Waals surface area contributed by atoms with E-state index < -0.39 is 0 Å². The highest BCUT2D eigenvalue weighted by atomic mass is 16.3. The first-order valence-electron chi connectivity index (χ1n) is 6.55. The maximum Gasteiger partial charge on any atom is 0.234 e. The fourth-order valence-electron chi connectivity index (χ4n) is 2.11. The number of hydrogen-bond donors (Lipinski definition) is 2. The smallest absolute Gasteiger partial charge is 0.234 e. The third kappa shape index (κ3) is 4.64. The maximum atomic E-state index is 11.8. The maximum absolute atomic E-state index is 11.8. The lowest BCUT2D eigenvalue weighted by Crippen LogP contribution is -2.47. The van der Waals surface area contributed by atoms with Crippen molar-refractivity contribution in [3.05, 3.63) is 0 Å². The second-order valence-corrected chi connectivity index (χ2v) is 5.81. The van der Waals surface area contributed by atoms with E-state index in [1.165, 1.54) is 0 Å². The lowest BCUT2D eigenvalue weighted by atomic mass is 10.0. The largest absolute Gasteiger partial charge is 0.393 e. The summed E-state index contributed by atoms with van der Waals surface area (Å²) in [4.78, 5) is 14.0. The van der Waals surface area contributed by atoms with Crippen molar-refractivity contribution in [1.29, 1.82) is 0 Å². The van der Waals surface area contributed by atoms with E-state index in [-0.39, 0.29) is 17.6 Å². The lowest BCUT2D eigenvalue weighted by Gasteiger charge is -2.26. The number of amides is 1. The summed E-state index contributed by atoms with van der Waals surface area (Å²) in [5.41, 5.74) is -0.125. The quantitative estimate of drug-likeness (QED) is 0.756. The number of likely N-dealkylation sites (tertiary alicyclic amines) is 1. The van der Waals surface area contributed by atoms with Gasteiger partial charge < -0.3 is 10.4 Å². The molecule has 0 aromatic rings. The Labute approximate surface area is 104 Å². The Morgan fingerprint density at radius 1 is 1.59 bits per heavy atom. The van der Waals surface area contributed by atoms with Gasteiger partial charge in [-0.2, -0.15) is 0 Å². The zero-order chi connectivity index (χ0) is 13.1. The minimum Gasteiger partial charge on any atom is -0.393 e. The van der Waals surface area contributed by atoms with Gasteiger partial charge in [-0.25, -0.2) is 0 Å². The van der Waals surface area contributed by atoms with E-state index in [2.05, 4.69) is 17.1 Å². The van der Waals surface area contributed by atoms with E-state index in [1.807, 2.05) is 20.8 Å². The molecule has 2 N–H and O–H groups in total. The molecule has 1 heterocycles. The summed E-state index contributed by atoms with van der Waals surface area (Å²) in [5, 5.41) is 12.5. The highest BCUT2D eigenvalue weighted by Crippen LogP contribution is 2.19. The van der Waals surface area contributed by atoms with Crippen molar-refractivity contribution in [3.8, 4) is 0 Å². The fraction of sp³-hybridized carbons (Fsp3) is 0.923. The Balaban J connectivity index is 2.34. The van der Waals surface area contributed by atoms with Gasteiger partial charge in [0, 0.05) is 12.1 Å². The molecule has 2 unspecified atom stereocenters. The predicted octanol–water partition coefficient (Wildman–Crippen LogP) is 0.994. The van der Waals surface area contributed by atoms with E-state index in [4.69, 9.17) is 0 Å². The van der Waals surface area contributed by atoms with Gasteiger partial charge in [-0.3, -0.25) is 9.69 Å². The molecule has 0 radical (unpaired) electrons. The second kappa shape index (κ2) is 5.83. The van der Waals surface area contributed by atoms with Crippen molar-refractivity contribution < 1.29 is 9.90 Å². The second-order valence-electron chi connectivity index (χ2n) is 5.81. The summed E-state index contributed by atoms with van der Waals surface area (Å²) in [6.45, 7) is 10.2. The molecule has 100 valence electrons. The van der Waals surface area contributed by atoms with E-state index in [0.29, 0.717) is 12.5 Å². The van der Waals surface area contributed by atoms with E-state index in [9.17, 15) is 9.90 Å². The van der Waals surface area contributed by atoms with Gasteiger partial charge in [-0.15, -0.1) is 0 Å². The first-order chi connectivity index (χ1) is 7.84. The lowest BCUT2D eigenvalue weighted by molar-refractivity contribution is -0.123. The van der Waals surface area contributed by atoms with Gasteiger partial charge in [0.15, 0.2) is 0 Å². The van der Waals surface area contributed by atoms with Crippen LogP contribution in [0.4, 0.5) is 0 Å². The molecule has 1 aliphatic rings. The van der Waals surface area contributed by atoms with E-state index in [0.717, 1.165) is 25.9 Å². The Morgan fingerprint density at radius 2 is 2.24 bits per heavy atom. The van der Waals surface area contributed by atoms with Crippen LogP contribution in [0.3, 0.4) is 0 Å². The normalized spacial score (nSPS) is 23.7. The number of aliphatic hydroxyl groups excluding tert-OH is 1. The molecule has 1 fully saturated rings. The van der Waals surface area contributed by atoms with Crippen molar-refractivity contribution in [3.63, 3.8) is 0 Å². The van der Waals surface area contributed by atoms with Crippen LogP contribution in [0.1, 0.15) is 40.5 Å². The van der Waals surface area contributed by atoms with E-state index in [1.54, 1.807) is 0 Å². The number of carbonyl (C=O) groups is 1. The van der Waals surface area contributed by atoms with Crippen molar-refractivity contribution in [2.24, 2.45) is 5.92 Å². The van der Waals surface area contributed by atoms with Gasteiger partial charge >= 0.3 is 0 Å². The minimum atomic E-state index is -0.268. The van der Waals surface area contributed by atoms with Crippen LogP contribution in [-0.2, 0) is 4.79 Å². The average molecular weight is 242 g/mol. The number of hydrogen-bond acceptors (Lipinski definition) is 3. The first-order valence-corrected chi connectivity index (χ1v) is 6.55. The molecule has 0 aromatic heterocycles. The molecule has 1 rings (SSSR count). The molecule has 0 aliphatic carbocycles. The van der Waals surface area contributed by atoms with Gasteiger partial charge in [-0.05, 0) is 46.1 Å². The van der Waals surface area contributed by atoms with Crippen LogP contribution in [0.2, 0.25) is 0 Å². The van der Waals surface area contributed by atoms with Gasteiger partial charge in [0.05, 0.1) is 12.6 Å². The van der Waals surface area contributed by atoms with Gasteiger partial charge in [0.1, 0.15) is 0 Å². The molecule has 1 saturated heterocycles. The number of nitrogens with zero attached hydrogens (tertiary/aromatic N) is 1. The number of aliphatic hydroxyl groups is 1. The Morgan fingerprint density at radius 3 is 2.71 bits per heavy atom. The van der Waals surface area contributed by atoms with Crippen LogP contribution in [0.15, 0.2) is 0 Å². The van der Waals surface area contributed by atoms with Crippen LogP contribution in [0.5, 0.6) is 0 Å². The summed E-state index contributed by atoms with van der Waals surface area (Å²) in [6, 6.07) is 0. The zero-order valence-electron chi connectivity index (χ0n) is 11.5. The van der Waals surface area contributed by atoms with Crippen molar-refractivity contribution in [2.75, 3.05) is 19.6 Å². The van der Waals surface area contributed by atoms with Crippen molar-refractivity contribution >= 4 is 5.91 Å². The summed E-state index contributed by atoms with van der Waals surface area (Å²) in [7, 11) is 0. The molecule has 4 heteroatoms. The molecule has 0 bridgehead atoms. The molecule has 0 spiro atoms. The standard InChI is InChI=1S/C13H26N2O2/c1-5-13(3,4)14-12(17)9-15-7-6-11(8-15)10(2)16/h10-11,16H,5-9H2,1-4H3,(H,14,17). The van der Waals surface area contributed by atoms with Gasteiger partial charge in [0.25, 0.3) is 0 Å². The monoisotopic (exact) mass is 242 g/mol. The molecule has 2 atom stereocenters. The fourth-order valence-corrected chi connectivity index (χ4v) is 2.11. The van der Waals surface area contributed by atoms with Crippen LogP contribution in [0.25, 0.3) is 0 Å². The molecular weight excluding hydrogens is 216 g/mol. The minimum absolute atomic E-state index is 0.0862. The van der Waals surface area contributed by atoms with Crippen molar-refractivity contribution in [1.82, 2.24) is 10.2 Å². The Hall–Kier alpha value is -0.610. The van der Waals surface area contributed by atoms with Crippen LogP contribution in [-0.4, -0.2) is 47.2 Å². The number of rotatable bonds is 5.